The highest BCUT2D eigenvalue weighted by atomic mass is 19.4. The zero-order valence-electron chi connectivity index (χ0n) is 11.6. The molecule has 1 fully saturated rings. The van der Waals surface area contributed by atoms with E-state index in [-0.39, 0.29) is 11.2 Å². The van der Waals surface area contributed by atoms with Crippen molar-refractivity contribution in [3.63, 3.8) is 0 Å². The maximum atomic E-state index is 12.9. The lowest BCUT2D eigenvalue weighted by Gasteiger charge is -2.37. The van der Waals surface area contributed by atoms with Crippen LogP contribution < -0.4 is 10.5 Å². The summed E-state index contributed by atoms with van der Waals surface area (Å²) in [6.07, 6.45) is 0.767. The molecule has 20 heavy (non-hydrogen) atoms. The summed E-state index contributed by atoms with van der Waals surface area (Å²) in [5.41, 5.74) is 5.86. The molecule has 5 heteroatoms. The van der Waals surface area contributed by atoms with Crippen LogP contribution in [-0.2, 0) is 11.6 Å². The molecule has 1 saturated carbocycles. The average Bonchev–Trinajstić information content (AvgIpc) is 2.46. The molecule has 0 unspecified atom stereocenters. The Balaban J connectivity index is 2.43. The van der Waals surface area contributed by atoms with Crippen LogP contribution in [0.3, 0.4) is 0 Å². The van der Waals surface area contributed by atoms with Crippen molar-refractivity contribution >= 4 is 0 Å². The van der Waals surface area contributed by atoms with Crippen LogP contribution in [0.1, 0.15) is 43.2 Å². The zero-order valence-corrected chi connectivity index (χ0v) is 11.6. The lowest BCUT2D eigenvalue weighted by molar-refractivity contribution is -0.138. The first-order chi connectivity index (χ1) is 9.43. The van der Waals surface area contributed by atoms with Crippen molar-refractivity contribution in [3.8, 4) is 5.75 Å². The van der Waals surface area contributed by atoms with E-state index in [0.29, 0.717) is 6.54 Å². The fourth-order valence-electron chi connectivity index (χ4n) is 3.09. The van der Waals surface area contributed by atoms with Crippen LogP contribution in [-0.4, -0.2) is 13.7 Å². The molecule has 1 aliphatic rings. The van der Waals surface area contributed by atoms with Gasteiger partial charge in [0.1, 0.15) is 5.75 Å². The molecule has 0 aliphatic heterocycles. The van der Waals surface area contributed by atoms with E-state index >= 15 is 0 Å². The molecule has 0 atom stereocenters. The van der Waals surface area contributed by atoms with Crippen molar-refractivity contribution in [1.29, 1.82) is 0 Å². The maximum absolute atomic E-state index is 12.9. The lowest BCUT2D eigenvalue weighted by Crippen LogP contribution is -2.37. The third-order valence-corrected chi connectivity index (χ3v) is 4.32. The fourth-order valence-corrected chi connectivity index (χ4v) is 3.09. The summed E-state index contributed by atoms with van der Waals surface area (Å²) in [6.45, 7) is 0.460. The Hall–Kier alpha value is -1.23. The summed E-state index contributed by atoms with van der Waals surface area (Å²) < 4.78 is 43.6. The highest BCUT2D eigenvalue weighted by molar-refractivity contribution is 5.42. The van der Waals surface area contributed by atoms with Crippen LogP contribution in [0.5, 0.6) is 5.75 Å². The summed E-state index contributed by atoms with van der Waals surface area (Å²) in [5, 5.41) is 0. The van der Waals surface area contributed by atoms with Gasteiger partial charge in [-0.2, -0.15) is 13.2 Å². The second-order valence-electron chi connectivity index (χ2n) is 5.46. The summed E-state index contributed by atoms with van der Waals surface area (Å²) in [5.74, 6) is -0.117. The molecule has 112 valence electrons. The maximum Gasteiger partial charge on any atom is 0.419 e. The molecule has 0 heterocycles. The van der Waals surface area contributed by atoms with Gasteiger partial charge in [0.15, 0.2) is 0 Å². The number of hydrogen-bond acceptors (Lipinski definition) is 2. The minimum absolute atomic E-state index is 0.117. The number of rotatable bonds is 3. The zero-order chi connectivity index (χ0) is 14.8. The van der Waals surface area contributed by atoms with Crippen molar-refractivity contribution in [2.75, 3.05) is 13.7 Å². The molecular formula is C15H20F3NO. The van der Waals surface area contributed by atoms with Gasteiger partial charge in [0.05, 0.1) is 12.7 Å². The second-order valence-corrected chi connectivity index (χ2v) is 5.46. The molecule has 0 saturated heterocycles. The third-order valence-electron chi connectivity index (χ3n) is 4.32. The predicted molar refractivity (Wildman–Crippen MR) is 71.8 cm³/mol. The van der Waals surface area contributed by atoms with Gasteiger partial charge in [0.2, 0.25) is 0 Å². The monoisotopic (exact) mass is 287 g/mol. The van der Waals surface area contributed by atoms with Gasteiger partial charge in [0.25, 0.3) is 0 Å². The summed E-state index contributed by atoms with van der Waals surface area (Å²) in [6, 6.07) is 4.19. The first-order valence-corrected chi connectivity index (χ1v) is 6.89. The standard InChI is InChI=1S/C15H20F3NO/c1-20-13-9-11(5-6-12(13)15(16,17)18)14(10-19)7-3-2-4-8-14/h5-6,9H,2-4,7-8,10,19H2,1H3. The number of benzene rings is 1. The smallest absolute Gasteiger partial charge is 0.419 e. The predicted octanol–water partition coefficient (Wildman–Crippen LogP) is 3.87. The molecule has 2 N–H and O–H groups in total. The van der Waals surface area contributed by atoms with Crippen LogP contribution >= 0.6 is 0 Å². The molecule has 0 amide bonds. The number of halogens is 3. The lowest BCUT2D eigenvalue weighted by atomic mass is 9.69. The second kappa shape index (κ2) is 5.64. The van der Waals surface area contributed by atoms with Crippen LogP contribution in [0.25, 0.3) is 0 Å². The molecular weight excluding hydrogens is 267 g/mol. The van der Waals surface area contributed by atoms with Gasteiger partial charge >= 0.3 is 6.18 Å². The number of methoxy groups -OCH3 is 1. The van der Waals surface area contributed by atoms with E-state index in [1.165, 1.54) is 19.6 Å². The van der Waals surface area contributed by atoms with Gasteiger partial charge in [-0.1, -0.05) is 25.3 Å². The van der Waals surface area contributed by atoms with Gasteiger partial charge in [-0.25, -0.2) is 0 Å². The summed E-state index contributed by atoms with van der Waals surface area (Å²) in [7, 11) is 1.27. The normalized spacial score (nSPS) is 18.9. The molecule has 1 aliphatic carbocycles. The summed E-state index contributed by atoms with van der Waals surface area (Å²) >= 11 is 0. The van der Waals surface area contributed by atoms with Crippen molar-refractivity contribution < 1.29 is 17.9 Å². The number of hydrogen-bond donors (Lipinski definition) is 1. The van der Waals surface area contributed by atoms with Crippen molar-refractivity contribution in [3.05, 3.63) is 29.3 Å². The highest BCUT2D eigenvalue weighted by Crippen LogP contribution is 2.43. The van der Waals surface area contributed by atoms with E-state index in [1.807, 2.05) is 0 Å². The molecule has 2 rings (SSSR count). The number of alkyl halides is 3. The average molecular weight is 287 g/mol. The largest absolute Gasteiger partial charge is 0.496 e. The van der Waals surface area contributed by atoms with E-state index in [1.54, 1.807) is 6.07 Å². The molecule has 0 radical (unpaired) electrons. The Bertz CT molecular complexity index is 465. The van der Waals surface area contributed by atoms with E-state index < -0.39 is 11.7 Å². The number of nitrogens with two attached hydrogens (primary N) is 1. The number of ether oxygens (including phenoxy) is 1. The molecule has 0 bridgehead atoms. The van der Waals surface area contributed by atoms with Gasteiger partial charge < -0.3 is 10.5 Å². The van der Waals surface area contributed by atoms with Crippen LogP contribution in [0.2, 0.25) is 0 Å². The Kier molecular flexibility index (Phi) is 4.28. The van der Waals surface area contributed by atoms with Crippen LogP contribution in [0, 0.1) is 0 Å². The van der Waals surface area contributed by atoms with Gasteiger partial charge in [-0.3, -0.25) is 0 Å². The van der Waals surface area contributed by atoms with Gasteiger partial charge in [0, 0.05) is 12.0 Å². The quantitative estimate of drug-likeness (QED) is 0.915. The Morgan fingerprint density at radius 2 is 1.85 bits per heavy atom. The van der Waals surface area contributed by atoms with Crippen LogP contribution in [0.15, 0.2) is 18.2 Å². The van der Waals surface area contributed by atoms with Crippen molar-refractivity contribution in [2.45, 2.75) is 43.7 Å². The van der Waals surface area contributed by atoms with Crippen molar-refractivity contribution in [1.82, 2.24) is 0 Å². The Morgan fingerprint density at radius 3 is 2.35 bits per heavy atom. The molecule has 1 aromatic rings. The SMILES string of the molecule is COc1cc(C2(CN)CCCCC2)ccc1C(F)(F)F. The molecule has 2 nitrogen and oxygen atoms in total. The van der Waals surface area contributed by atoms with Gasteiger partial charge in [-0.05, 0) is 30.5 Å². The fraction of sp³-hybridized carbons (Fsp3) is 0.600. The summed E-state index contributed by atoms with van der Waals surface area (Å²) in [4.78, 5) is 0. The van der Waals surface area contributed by atoms with E-state index in [9.17, 15) is 13.2 Å². The molecule has 0 spiro atoms. The van der Waals surface area contributed by atoms with E-state index in [4.69, 9.17) is 10.5 Å². The molecule has 1 aromatic carbocycles. The molecule has 0 aromatic heterocycles. The highest BCUT2D eigenvalue weighted by Gasteiger charge is 2.37. The Labute approximate surface area is 117 Å². The van der Waals surface area contributed by atoms with Gasteiger partial charge in [-0.15, -0.1) is 0 Å². The first kappa shape index (κ1) is 15.2. The first-order valence-electron chi connectivity index (χ1n) is 6.89. The van der Waals surface area contributed by atoms with Crippen LogP contribution in [0.4, 0.5) is 13.2 Å². The van der Waals surface area contributed by atoms with E-state index in [2.05, 4.69) is 0 Å². The minimum Gasteiger partial charge on any atom is -0.496 e. The minimum atomic E-state index is -4.40. The van der Waals surface area contributed by atoms with Crippen molar-refractivity contribution in [2.24, 2.45) is 5.73 Å². The Morgan fingerprint density at radius 1 is 1.20 bits per heavy atom. The third kappa shape index (κ3) is 2.77. The topological polar surface area (TPSA) is 35.2 Å². The van der Waals surface area contributed by atoms with E-state index in [0.717, 1.165) is 37.3 Å².